The van der Waals surface area contributed by atoms with Crippen molar-refractivity contribution in [2.75, 3.05) is 13.7 Å². The van der Waals surface area contributed by atoms with Gasteiger partial charge in [-0.3, -0.25) is 4.79 Å². The van der Waals surface area contributed by atoms with Crippen LogP contribution >= 0.6 is 0 Å². The van der Waals surface area contributed by atoms with E-state index in [1.165, 1.54) is 13.0 Å². The summed E-state index contributed by atoms with van der Waals surface area (Å²) in [5, 5.41) is 9.31. The minimum absolute atomic E-state index is 0.189. The van der Waals surface area contributed by atoms with Gasteiger partial charge in [-0.2, -0.15) is 13.2 Å². The van der Waals surface area contributed by atoms with E-state index in [1.807, 2.05) is 0 Å². The number of amides is 1. The smallest absolute Gasteiger partial charge is 0.419 e. The van der Waals surface area contributed by atoms with E-state index in [0.29, 0.717) is 12.5 Å². The predicted molar refractivity (Wildman–Crippen MR) is 74.3 cm³/mol. The Kier molecular flexibility index (Phi) is 4.28. The zero-order chi connectivity index (χ0) is 17.4. The predicted octanol–water partition coefficient (Wildman–Crippen LogP) is 2.79. The molecule has 0 saturated carbocycles. The maximum atomic E-state index is 13.0. The van der Waals surface area contributed by atoms with Crippen molar-refractivity contribution in [3.63, 3.8) is 0 Å². The van der Waals surface area contributed by atoms with E-state index in [2.05, 4.69) is 4.74 Å². The Morgan fingerprint density at radius 3 is 2.52 bits per heavy atom. The lowest BCUT2D eigenvalue weighted by atomic mass is 9.98. The third kappa shape index (κ3) is 2.97. The number of carbonyl (C=O) groups is 2. The van der Waals surface area contributed by atoms with Crippen molar-refractivity contribution in [2.24, 2.45) is 0 Å². The summed E-state index contributed by atoms with van der Waals surface area (Å²) in [6, 6.07) is 2.96. The zero-order valence-electron chi connectivity index (χ0n) is 12.6. The van der Waals surface area contributed by atoms with E-state index in [9.17, 15) is 27.9 Å². The fourth-order valence-corrected chi connectivity index (χ4v) is 2.73. The van der Waals surface area contributed by atoms with E-state index < -0.39 is 34.9 Å². The van der Waals surface area contributed by atoms with Gasteiger partial charge in [0.2, 0.25) is 0 Å². The van der Waals surface area contributed by atoms with Crippen LogP contribution in [0.15, 0.2) is 18.2 Å². The first-order valence-electron chi connectivity index (χ1n) is 6.92. The standard InChI is InChI=1S/C15H16F3NO4/c1-14(13(21)22)6-3-7-19(14)12(20)9-4-5-11(23-2)10(8-9)15(16,17)18/h4-5,8H,3,6-7H2,1-2H3,(H,21,22). The average molecular weight is 331 g/mol. The van der Waals surface area contributed by atoms with Gasteiger partial charge in [0.1, 0.15) is 11.3 Å². The Labute approximate surface area is 130 Å². The van der Waals surface area contributed by atoms with Crippen LogP contribution in [-0.4, -0.2) is 41.1 Å². The highest BCUT2D eigenvalue weighted by atomic mass is 19.4. The number of carbonyl (C=O) groups excluding carboxylic acids is 1. The molecule has 1 aromatic carbocycles. The van der Waals surface area contributed by atoms with E-state index in [4.69, 9.17) is 0 Å². The molecular formula is C15H16F3NO4. The number of benzene rings is 1. The highest BCUT2D eigenvalue weighted by Crippen LogP contribution is 2.38. The Bertz CT molecular complexity index is 644. The number of carboxylic acid groups (broad SMARTS) is 1. The highest BCUT2D eigenvalue weighted by Gasteiger charge is 2.46. The molecule has 1 unspecified atom stereocenters. The van der Waals surface area contributed by atoms with E-state index in [-0.39, 0.29) is 18.5 Å². The fourth-order valence-electron chi connectivity index (χ4n) is 2.73. The molecule has 1 heterocycles. The molecule has 1 aromatic rings. The van der Waals surface area contributed by atoms with Crippen LogP contribution in [0.25, 0.3) is 0 Å². The summed E-state index contributed by atoms with van der Waals surface area (Å²) in [6.07, 6.45) is -3.93. The maximum Gasteiger partial charge on any atom is 0.419 e. The summed E-state index contributed by atoms with van der Waals surface area (Å²) in [4.78, 5) is 25.0. The first-order chi connectivity index (χ1) is 10.6. The van der Waals surface area contributed by atoms with Crippen molar-refractivity contribution in [2.45, 2.75) is 31.5 Å². The van der Waals surface area contributed by atoms with Crippen LogP contribution in [0.2, 0.25) is 0 Å². The number of carboxylic acids is 1. The van der Waals surface area contributed by atoms with Gasteiger partial charge >= 0.3 is 12.1 Å². The highest BCUT2D eigenvalue weighted by molar-refractivity contribution is 5.98. The van der Waals surface area contributed by atoms with Crippen LogP contribution in [0.3, 0.4) is 0 Å². The molecule has 1 N–H and O–H groups in total. The van der Waals surface area contributed by atoms with Gasteiger partial charge in [-0.25, -0.2) is 4.79 Å². The van der Waals surface area contributed by atoms with Gasteiger partial charge in [0.25, 0.3) is 5.91 Å². The topological polar surface area (TPSA) is 66.8 Å². The molecule has 0 bridgehead atoms. The van der Waals surface area contributed by atoms with Crippen LogP contribution in [0.5, 0.6) is 5.75 Å². The Hall–Kier alpha value is -2.25. The third-order valence-corrected chi connectivity index (χ3v) is 4.10. The number of hydrogen-bond donors (Lipinski definition) is 1. The third-order valence-electron chi connectivity index (χ3n) is 4.10. The van der Waals surface area contributed by atoms with Gasteiger partial charge in [0.05, 0.1) is 12.7 Å². The molecule has 1 saturated heterocycles. The molecule has 8 heteroatoms. The van der Waals surface area contributed by atoms with Crippen molar-refractivity contribution >= 4 is 11.9 Å². The second-order valence-corrected chi connectivity index (χ2v) is 5.55. The first kappa shape index (κ1) is 17.1. The zero-order valence-corrected chi connectivity index (χ0v) is 12.6. The van der Waals surface area contributed by atoms with Gasteiger partial charge in [0, 0.05) is 12.1 Å². The summed E-state index contributed by atoms with van der Waals surface area (Å²) < 4.78 is 43.8. The molecule has 23 heavy (non-hydrogen) atoms. The second-order valence-electron chi connectivity index (χ2n) is 5.55. The summed E-state index contributed by atoms with van der Waals surface area (Å²) >= 11 is 0. The van der Waals surface area contributed by atoms with E-state index in [1.54, 1.807) is 0 Å². The summed E-state index contributed by atoms with van der Waals surface area (Å²) in [5.41, 5.74) is -2.69. The summed E-state index contributed by atoms with van der Waals surface area (Å²) in [5.74, 6) is -2.30. The normalized spacial score (nSPS) is 21.3. The molecule has 1 atom stereocenters. The number of rotatable bonds is 3. The number of halogens is 3. The Morgan fingerprint density at radius 2 is 2.00 bits per heavy atom. The van der Waals surface area contributed by atoms with Gasteiger partial charge in [-0.05, 0) is 38.0 Å². The number of alkyl halides is 3. The Morgan fingerprint density at radius 1 is 1.35 bits per heavy atom. The van der Waals surface area contributed by atoms with Gasteiger partial charge in [0.15, 0.2) is 0 Å². The summed E-state index contributed by atoms with van der Waals surface area (Å²) in [6.45, 7) is 1.59. The Balaban J connectivity index is 2.43. The van der Waals surface area contributed by atoms with Crippen LogP contribution in [-0.2, 0) is 11.0 Å². The van der Waals surface area contributed by atoms with E-state index >= 15 is 0 Å². The van der Waals surface area contributed by atoms with Crippen LogP contribution in [0.4, 0.5) is 13.2 Å². The molecule has 0 radical (unpaired) electrons. The van der Waals surface area contributed by atoms with Crippen molar-refractivity contribution in [1.82, 2.24) is 4.90 Å². The number of methoxy groups -OCH3 is 1. The molecule has 126 valence electrons. The first-order valence-corrected chi connectivity index (χ1v) is 6.92. The molecule has 0 spiro atoms. The molecule has 2 rings (SSSR count). The largest absolute Gasteiger partial charge is 0.496 e. The van der Waals surface area contributed by atoms with Crippen molar-refractivity contribution in [3.8, 4) is 5.75 Å². The lowest BCUT2D eigenvalue weighted by molar-refractivity contribution is -0.147. The number of likely N-dealkylation sites (tertiary alicyclic amines) is 1. The van der Waals surface area contributed by atoms with Crippen LogP contribution in [0, 0.1) is 0 Å². The molecule has 0 aliphatic carbocycles. The van der Waals surface area contributed by atoms with Gasteiger partial charge in [-0.1, -0.05) is 0 Å². The molecule has 1 aliphatic rings. The molecule has 1 fully saturated rings. The number of hydrogen-bond acceptors (Lipinski definition) is 3. The van der Waals surface area contributed by atoms with E-state index in [0.717, 1.165) is 18.1 Å². The lowest BCUT2D eigenvalue weighted by Gasteiger charge is -2.31. The average Bonchev–Trinajstić information content (AvgIpc) is 2.88. The minimum Gasteiger partial charge on any atom is -0.496 e. The number of aliphatic carboxylic acids is 1. The molecule has 5 nitrogen and oxygen atoms in total. The quantitative estimate of drug-likeness (QED) is 0.925. The molecular weight excluding hydrogens is 315 g/mol. The van der Waals surface area contributed by atoms with Crippen molar-refractivity contribution in [3.05, 3.63) is 29.3 Å². The number of nitrogens with zero attached hydrogens (tertiary/aromatic N) is 1. The molecule has 1 aliphatic heterocycles. The fraction of sp³-hybridized carbons (Fsp3) is 0.467. The second kappa shape index (κ2) is 5.75. The van der Waals surface area contributed by atoms with Gasteiger partial charge < -0.3 is 14.7 Å². The van der Waals surface area contributed by atoms with Crippen molar-refractivity contribution in [1.29, 1.82) is 0 Å². The van der Waals surface area contributed by atoms with Crippen LogP contribution in [0.1, 0.15) is 35.7 Å². The monoisotopic (exact) mass is 331 g/mol. The minimum atomic E-state index is -4.68. The molecule has 0 aromatic heterocycles. The van der Waals surface area contributed by atoms with Gasteiger partial charge in [-0.15, -0.1) is 0 Å². The maximum absolute atomic E-state index is 13.0. The van der Waals surface area contributed by atoms with Crippen molar-refractivity contribution < 1.29 is 32.6 Å². The number of ether oxygens (including phenoxy) is 1. The summed E-state index contributed by atoms with van der Waals surface area (Å²) in [7, 11) is 1.11. The SMILES string of the molecule is COc1ccc(C(=O)N2CCCC2(C)C(=O)O)cc1C(F)(F)F. The lowest BCUT2D eigenvalue weighted by Crippen LogP contribution is -2.50. The van der Waals surface area contributed by atoms with Crippen LogP contribution < -0.4 is 4.74 Å². The molecule has 1 amide bonds.